The highest BCUT2D eigenvalue weighted by Crippen LogP contribution is 2.05. The fourth-order valence-electron chi connectivity index (χ4n) is 0.962. The van der Waals surface area contributed by atoms with E-state index in [4.69, 9.17) is 5.73 Å². The van der Waals surface area contributed by atoms with E-state index in [1.54, 1.807) is 17.1 Å². The van der Waals surface area contributed by atoms with Crippen LogP contribution in [0.15, 0.2) is 18.7 Å². The van der Waals surface area contributed by atoms with Gasteiger partial charge in [0.15, 0.2) is 0 Å². The summed E-state index contributed by atoms with van der Waals surface area (Å²) in [6, 6.07) is 0. The Morgan fingerprint density at radius 3 is 3.18 bits per heavy atom. The van der Waals surface area contributed by atoms with E-state index in [0.717, 1.165) is 11.0 Å². The second kappa shape index (κ2) is 2.28. The van der Waals surface area contributed by atoms with Crippen LogP contribution in [0.5, 0.6) is 0 Å². The highest BCUT2D eigenvalue weighted by atomic mass is 15.3. The van der Waals surface area contributed by atoms with Crippen molar-refractivity contribution >= 4 is 11.0 Å². The lowest BCUT2D eigenvalue weighted by atomic mass is 10.5. The van der Waals surface area contributed by atoms with Crippen LogP contribution in [-0.4, -0.2) is 19.7 Å². The Morgan fingerprint density at radius 1 is 1.45 bits per heavy atom. The van der Waals surface area contributed by atoms with Crippen LogP contribution in [0.2, 0.25) is 0 Å². The molecule has 0 atom stereocenters. The molecule has 0 spiro atoms. The molecular weight excluding hydrogens is 142 g/mol. The van der Waals surface area contributed by atoms with Gasteiger partial charge in [0.05, 0.1) is 19.1 Å². The minimum atomic E-state index is 0.358. The van der Waals surface area contributed by atoms with Crippen molar-refractivity contribution in [2.45, 2.75) is 6.67 Å². The lowest BCUT2D eigenvalue weighted by Crippen LogP contribution is -2.07. The van der Waals surface area contributed by atoms with E-state index in [9.17, 15) is 0 Å². The Hall–Kier alpha value is -1.49. The minimum absolute atomic E-state index is 0.358. The first-order valence-corrected chi connectivity index (χ1v) is 3.23. The molecule has 0 amide bonds. The van der Waals surface area contributed by atoms with Crippen LogP contribution in [0.4, 0.5) is 0 Å². The van der Waals surface area contributed by atoms with Gasteiger partial charge in [0.2, 0.25) is 0 Å². The lowest BCUT2D eigenvalue weighted by molar-refractivity contribution is 0.660. The molecule has 5 heteroatoms. The maximum Gasteiger partial charge on any atom is 0.116 e. The summed E-state index contributed by atoms with van der Waals surface area (Å²) in [6.45, 7) is 0.358. The second-order valence-corrected chi connectivity index (χ2v) is 2.12. The Balaban J connectivity index is 2.76. The molecule has 0 aliphatic carbocycles. The molecule has 0 aromatic carbocycles. The van der Waals surface area contributed by atoms with E-state index >= 15 is 0 Å². The molecule has 56 valence electrons. The molecule has 0 bridgehead atoms. The SMILES string of the molecule is NCn1ncc2ncncc21. The first kappa shape index (κ1) is 6.23. The van der Waals surface area contributed by atoms with Crippen LogP contribution in [0.1, 0.15) is 0 Å². The van der Waals surface area contributed by atoms with Gasteiger partial charge in [-0.25, -0.2) is 14.6 Å². The molecule has 0 saturated carbocycles. The van der Waals surface area contributed by atoms with Gasteiger partial charge in [-0.2, -0.15) is 5.10 Å². The molecule has 0 fully saturated rings. The minimum Gasteiger partial charge on any atom is -0.312 e. The number of nitrogens with zero attached hydrogens (tertiary/aromatic N) is 4. The predicted octanol–water partition coefficient (Wildman–Crippen LogP) is -0.258. The Labute approximate surface area is 62.9 Å². The third-order valence-corrected chi connectivity index (χ3v) is 1.49. The zero-order chi connectivity index (χ0) is 7.68. The van der Waals surface area contributed by atoms with Crippen LogP contribution < -0.4 is 5.73 Å². The summed E-state index contributed by atoms with van der Waals surface area (Å²) in [4.78, 5) is 7.87. The average Bonchev–Trinajstić information content (AvgIpc) is 2.47. The van der Waals surface area contributed by atoms with Gasteiger partial charge in [-0.1, -0.05) is 0 Å². The number of aromatic nitrogens is 4. The number of hydrogen-bond acceptors (Lipinski definition) is 4. The van der Waals surface area contributed by atoms with E-state index in [-0.39, 0.29) is 0 Å². The van der Waals surface area contributed by atoms with Crippen molar-refractivity contribution in [1.29, 1.82) is 0 Å². The highest BCUT2D eigenvalue weighted by molar-refractivity contribution is 5.72. The summed E-state index contributed by atoms with van der Waals surface area (Å²) < 4.78 is 1.65. The Morgan fingerprint density at radius 2 is 2.36 bits per heavy atom. The van der Waals surface area contributed by atoms with Crippen LogP contribution in [0, 0.1) is 0 Å². The fourth-order valence-corrected chi connectivity index (χ4v) is 0.962. The molecule has 0 aliphatic rings. The van der Waals surface area contributed by atoms with E-state index in [0.29, 0.717) is 6.67 Å². The van der Waals surface area contributed by atoms with Crippen LogP contribution in [-0.2, 0) is 6.67 Å². The van der Waals surface area contributed by atoms with E-state index in [1.807, 2.05) is 0 Å². The van der Waals surface area contributed by atoms with E-state index < -0.39 is 0 Å². The van der Waals surface area contributed by atoms with Crippen molar-refractivity contribution in [1.82, 2.24) is 19.7 Å². The van der Waals surface area contributed by atoms with Gasteiger partial charge in [-0.05, 0) is 0 Å². The van der Waals surface area contributed by atoms with Gasteiger partial charge >= 0.3 is 0 Å². The summed E-state index contributed by atoms with van der Waals surface area (Å²) in [6.07, 6.45) is 4.86. The number of rotatable bonds is 1. The van der Waals surface area contributed by atoms with Crippen LogP contribution in [0.3, 0.4) is 0 Å². The maximum atomic E-state index is 5.41. The molecule has 0 radical (unpaired) electrons. The highest BCUT2D eigenvalue weighted by Gasteiger charge is 1.99. The third-order valence-electron chi connectivity index (χ3n) is 1.49. The van der Waals surface area contributed by atoms with Gasteiger partial charge in [-0.15, -0.1) is 0 Å². The van der Waals surface area contributed by atoms with E-state index in [2.05, 4.69) is 15.1 Å². The van der Waals surface area contributed by atoms with Crippen molar-refractivity contribution in [2.75, 3.05) is 0 Å². The quantitative estimate of drug-likeness (QED) is 0.606. The molecule has 11 heavy (non-hydrogen) atoms. The normalized spacial score (nSPS) is 10.6. The smallest absolute Gasteiger partial charge is 0.116 e. The second-order valence-electron chi connectivity index (χ2n) is 2.12. The van der Waals surface area contributed by atoms with Gasteiger partial charge in [0, 0.05) is 0 Å². The Bertz CT molecular complexity index is 366. The molecule has 2 aromatic heterocycles. The standard InChI is InChI=1S/C6H7N5/c7-3-11-6-2-8-4-9-5(6)1-10-11/h1-2,4H,3,7H2. The zero-order valence-corrected chi connectivity index (χ0v) is 5.81. The lowest BCUT2D eigenvalue weighted by Gasteiger charge is -1.94. The molecule has 0 aliphatic heterocycles. The summed E-state index contributed by atoms with van der Waals surface area (Å²) in [5, 5.41) is 4.00. The van der Waals surface area contributed by atoms with E-state index in [1.165, 1.54) is 6.33 Å². The van der Waals surface area contributed by atoms with Gasteiger partial charge in [0.1, 0.15) is 17.4 Å². The van der Waals surface area contributed by atoms with Gasteiger partial charge in [-0.3, -0.25) is 0 Å². The molecule has 2 heterocycles. The summed E-state index contributed by atoms with van der Waals surface area (Å²) >= 11 is 0. The monoisotopic (exact) mass is 149 g/mol. The molecule has 0 unspecified atom stereocenters. The molecule has 2 rings (SSSR count). The number of hydrogen-bond donors (Lipinski definition) is 1. The van der Waals surface area contributed by atoms with Crippen LogP contribution in [0.25, 0.3) is 11.0 Å². The van der Waals surface area contributed by atoms with Crippen molar-refractivity contribution in [3.05, 3.63) is 18.7 Å². The average molecular weight is 149 g/mol. The molecule has 0 saturated heterocycles. The van der Waals surface area contributed by atoms with Gasteiger partial charge < -0.3 is 5.73 Å². The fraction of sp³-hybridized carbons (Fsp3) is 0.167. The third kappa shape index (κ3) is 0.857. The molecule has 2 N–H and O–H groups in total. The zero-order valence-electron chi connectivity index (χ0n) is 5.81. The molecule has 5 nitrogen and oxygen atoms in total. The van der Waals surface area contributed by atoms with Crippen molar-refractivity contribution < 1.29 is 0 Å². The predicted molar refractivity (Wildman–Crippen MR) is 39.5 cm³/mol. The van der Waals surface area contributed by atoms with Crippen LogP contribution >= 0.6 is 0 Å². The van der Waals surface area contributed by atoms with Crippen molar-refractivity contribution in [2.24, 2.45) is 5.73 Å². The number of fused-ring (bicyclic) bond motifs is 1. The molecular formula is C6H7N5. The van der Waals surface area contributed by atoms with Crippen molar-refractivity contribution in [3.8, 4) is 0 Å². The summed E-state index contributed by atoms with van der Waals surface area (Å²) in [5.41, 5.74) is 7.10. The topological polar surface area (TPSA) is 69.6 Å². The van der Waals surface area contributed by atoms with Crippen molar-refractivity contribution in [3.63, 3.8) is 0 Å². The largest absolute Gasteiger partial charge is 0.312 e. The first-order chi connectivity index (χ1) is 5.42. The summed E-state index contributed by atoms with van der Waals surface area (Å²) in [7, 11) is 0. The summed E-state index contributed by atoms with van der Waals surface area (Å²) in [5.74, 6) is 0. The Kier molecular flexibility index (Phi) is 1.29. The first-order valence-electron chi connectivity index (χ1n) is 3.23. The number of nitrogens with two attached hydrogens (primary N) is 1. The molecule has 2 aromatic rings. The van der Waals surface area contributed by atoms with Gasteiger partial charge in [0.25, 0.3) is 0 Å². The maximum absolute atomic E-state index is 5.41.